The van der Waals surface area contributed by atoms with Gasteiger partial charge in [-0.1, -0.05) is 24.3 Å². The van der Waals surface area contributed by atoms with Crippen LogP contribution in [-0.4, -0.2) is 17.9 Å². The second kappa shape index (κ2) is 7.19. The molecule has 2 aromatic carbocycles. The molecule has 0 aliphatic rings. The fraction of sp³-hybridized carbons (Fsp3) is 0.125. The highest BCUT2D eigenvalue weighted by atomic mass is 19.1. The first-order valence-electron chi connectivity index (χ1n) is 6.76. The average molecular weight is 329 g/mol. The molecular formula is C16H12FN3O4. The van der Waals surface area contributed by atoms with Crippen molar-refractivity contribution in [1.82, 2.24) is 5.32 Å². The molecule has 0 radical (unpaired) electrons. The first-order valence-corrected chi connectivity index (χ1v) is 6.76. The summed E-state index contributed by atoms with van der Waals surface area (Å²) in [7, 11) is 1.24. The molecule has 0 aliphatic carbocycles. The highest BCUT2D eigenvalue weighted by Crippen LogP contribution is 2.31. The van der Waals surface area contributed by atoms with Crippen molar-refractivity contribution in [1.29, 1.82) is 5.26 Å². The van der Waals surface area contributed by atoms with Gasteiger partial charge in [-0.2, -0.15) is 5.26 Å². The largest absolute Gasteiger partial charge is 0.490 e. The predicted octanol–water partition coefficient (Wildman–Crippen LogP) is 2.74. The molecule has 0 heterocycles. The van der Waals surface area contributed by atoms with Gasteiger partial charge in [0.05, 0.1) is 18.1 Å². The van der Waals surface area contributed by atoms with E-state index in [1.165, 1.54) is 43.5 Å². The standard InChI is InChI=1S/C16H12FN3O4/c1-24-14-8-4-6-11(15(14)20(22)23)16(21)19-13(9-18)10-5-2-3-7-12(10)17/h2-8,13H,1H3,(H,19,21). The van der Waals surface area contributed by atoms with Crippen LogP contribution in [0.25, 0.3) is 0 Å². The molecule has 24 heavy (non-hydrogen) atoms. The third kappa shape index (κ3) is 3.30. The number of nitrogens with zero attached hydrogens (tertiary/aromatic N) is 2. The maximum Gasteiger partial charge on any atom is 0.323 e. The first kappa shape index (κ1) is 16.9. The number of carbonyl (C=O) groups excluding carboxylic acids is 1. The van der Waals surface area contributed by atoms with Crippen molar-refractivity contribution in [2.24, 2.45) is 0 Å². The average Bonchev–Trinajstić information content (AvgIpc) is 2.59. The summed E-state index contributed by atoms with van der Waals surface area (Å²) >= 11 is 0. The summed E-state index contributed by atoms with van der Waals surface area (Å²) in [6, 6.07) is 9.92. The number of ether oxygens (including phenoxy) is 1. The topological polar surface area (TPSA) is 105 Å². The Morgan fingerprint density at radius 3 is 2.62 bits per heavy atom. The number of nitro benzene ring substituents is 1. The number of benzene rings is 2. The number of rotatable bonds is 5. The molecule has 2 aromatic rings. The Bertz CT molecular complexity index is 832. The Kier molecular flexibility index (Phi) is 5.06. The maximum atomic E-state index is 13.8. The van der Waals surface area contributed by atoms with E-state index in [0.29, 0.717) is 0 Å². The van der Waals surface area contributed by atoms with Gasteiger partial charge < -0.3 is 10.1 Å². The van der Waals surface area contributed by atoms with E-state index in [9.17, 15) is 24.6 Å². The molecule has 0 saturated carbocycles. The van der Waals surface area contributed by atoms with Gasteiger partial charge in [0.1, 0.15) is 17.4 Å². The van der Waals surface area contributed by atoms with E-state index < -0.39 is 28.4 Å². The Morgan fingerprint density at radius 1 is 1.33 bits per heavy atom. The van der Waals surface area contributed by atoms with Gasteiger partial charge in [0, 0.05) is 5.56 Å². The Labute approximate surface area is 136 Å². The lowest BCUT2D eigenvalue weighted by Gasteiger charge is -2.13. The number of nitro groups is 1. The minimum atomic E-state index is -1.29. The van der Waals surface area contributed by atoms with E-state index in [0.717, 1.165) is 6.07 Å². The van der Waals surface area contributed by atoms with Gasteiger partial charge in [-0.15, -0.1) is 0 Å². The molecule has 0 aromatic heterocycles. The summed E-state index contributed by atoms with van der Waals surface area (Å²) in [6.07, 6.45) is 0. The number of nitriles is 1. The van der Waals surface area contributed by atoms with Crippen LogP contribution in [0.3, 0.4) is 0 Å². The Morgan fingerprint density at radius 2 is 2.04 bits per heavy atom. The van der Waals surface area contributed by atoms with Crippen molar-refractivity contribution in [3.8, 4) is 11.8 Å². The zero-order chi connectivity index (χ0) is 17.7. The summed E-state index contributed by atoms with van der Waals surface area (Å²) in [4.78, 5) is 22.8. The summed E-state index contributed by atoms with van der Waals surface area (Å²) in [5, 5.41) is 22.7. The number of amides is 1. The van der Waals surface area contributed by atoms with Crippen LogP contribution in [0.1, 0.15) is 22.0 Å². The number of para-hydroxylation sites is 1. The molecule has 0 aliphatic heterocycles. The number of methoxy groups -OCH3 is 1. The third-order valence-corrected chi connectivity index (χ3v) is 3.27. The number of hydrogen-bond donors (Lipinski definition) is 1. The molecule has 1 atom stereocenters. The van der Waals surface area contributed by atoms with Gasteiger partial charge in [0.25, 0.3) is 5.91 Å². The lowest BCUT2D eigenvalue weighted by Crippen LogP contribution is -2.28. The molecular weight excluding hydrogens is 317 g/mol. The zero-order valence-corrected chi connectivity index (χ0v) is 12.5. The molecule has 0 spiro atoms. The first-order chi connectivity index (χ1) is 11.5. The van der Waals surface area contributed by atoms with Crippen LogP contribution >= 0.6 is 0 Å². The monoisotopic (exact) mass is 329 g/mol. The molecule has 7 nitrogen and oxygen atoms in total. The summed E-state index contributed by atoms with van der Waals surface area (Å²) in [5.41, 5.74) is -0.836. The van der Waals surface area contributed by atoms with E-state index in [1.54, 1.807) is 6.07 Å². The fourth-order valence-corrected chi connectivity index (χ4v) is 2.16. The molecule has 0 bridgehead atoms. The van der Waals surface area contributed by atoms with E-state index in [2.05, 4.69) is 5.32 Å². The maximum absolute atomic E-state index is 13.8. The normalized spacial score (nSPS) is 11.2. The molecule has 8 heteroatoms. The number of nitrogens with one attached hydrogen (secondary N) is 1. The molecule has 1 N–H and O–H groups in total. The van der Waals surface area contributed by atoms with Crippen LogP contribution < -0.4 is 10.1 Å². The number of carbonyl (C=O) groups is 1. The molecule has 1 amide bonds. The Balaban J connectivity index is 2.38. The molecule has 122 valence electrons. The van der Waals surface area contributed by atoms with Crippen molar-refractivity contribution in [3.05, 3.63) is 69.5 Å². The van der Waals surface area contributed by atoms with Crippen molar-refractivity contribution in [3.63, 3.8) is 0 Å². The van der Waals surface area contributed by atoms with Crippen molar-refractivity contribution in [2.45, 2.75) is 6.04 Å². The third-order valence-electron chi connectivity index (χ3n) is 3.27. The summed E-state index contributed by atoms with van der Waals surface area (Å²) in [6.45, 7) is 0. The highest BCUT2D eigenvalue weighted by Gasteiger charge is 2.27. The quantitative estimate of drug-likeness (QED) is 0.670. The lowest BCUT2D eigenvalue weighted by molar-refractivity contribution is -0.386. The SMILES string of the molecule is COc1cccc(C(=O)NC(C#N)c2ccccc2F)c1[N+](=O)[O-]. The fourth-order valence-electron chi connectivity index (χ4n) is 2.16. The van der Waals surface area contributed by atoms with E-state index >= 15 is 0 Å². The van der Waals surface area contributed by atoms with Crippen molar-refractivity contribution < 1.29 is 18.8 Å². The summed E-state index contributed by atoms with van der Waals surface area (Å²) < 4.78 is 18.7. The van der Waals surface area contributed by atoms with Crippen molar-refractivity contribution >= 4 is 11.6 Å². The molecule has 0 fully saturated rings. The highest BCUT2D eigenvalue weighted by molar-refractivity contribution is 5.99. The second-order valence-corrected chi connectivity index (χ2v) is 4.67. The van der Waals surface area contributed by atoms with Gasteiger partial charge in [-0.25, -0.2) is 4.39 Å². The van der Waals surface area contributed by atoms with E-state index in [4.69, 9.17) is 4.74 Å². The van der Waals surface area contributed by atoms with Gasteiger partial charge in [-0.05, 0) is 18.2 Å². The van der Waals surface area contributed by atoms with Crippen LogP contribution in [0.5, 0.6) is 5.75 Å². The lowest BCUT2D eigenvalue weighted by atomic mass is 10.1. The molecule has 1 unspecified atom stereocenters. The van der Waals surface area contributed by atoms with Crippen LogP contribution in [0, 0.1) is 27.3 Å². The van der Waals surface area contributed by atoms with Crippen LogP contribution in [-0.2, 0) is 0 Å². The van der Waals surface area contributed by atoms with Crippen LogP contribution in [0.4, 0.5) is 10.1 Å². The number of hydrogen-bond acceptors (Lipinski definition) is 5. The van der Waals surface area contributed by atoms with Gasteiger partial charge in [-0.3, -0.25) is 14.9 Å². The van der Waals surface area contributed by atoms with Crippen LogP contribution in [0.15, 0.2) is 42.5 Å². The predicted molar refractivity (Wildman–Crippen MR) is 81.9 cm³/mol. The minimum Gasteiger partial charge on any atom is -0.490 e. The molecule has 0 saturated heterocycles. The van der Waals surface area contributed by atoms with E-state index in [1.807, 2.05) is 0 Å². The number of halogens is 1. The van der Waals surface area contributed by atoms with Gasteiger partial charge >= 0.3 is 5.69 Å². The van der Waals surface area contributed by atoms with Crippen molar-refractivity contribution in [2.75, 3.05) is 7.11 Å². The second-order valence-electron chi connectivity index (χ2n) is 4.67. The van der Waals surface area contributed by atoms with E-state index in [-0.39, 0.29) is 16.9 Å². The van der Waals surface area contributed by atoms with Crippen LogP contribution in [0.2, 0.25) is 0 Å². The Hall–Kier alpha value is -3.47. The zero-order valence-electron chi connectivity index (χ0n) is 12.5. The molecule has 2 rings (SSSR count). The van der Waals surface area contributed by atoms with Gasteiger partial charge in [0.2, 0.25) is 0 Å². The summed E-state index contributed by atoms with van der Waals surface area (Å²) in [5.74, 6) is -1.63. The van der Waals surface area contributed by atoms with Gasteiger partial charge in [0.15, 0.2) is 5.75 Å². The smallest absolute Gasteiger partial charge is 0.323 e. The minimum absolute atomic E-state index is 0.0288.